The van der Waals surface area contributed by atoms with Crippen molar-refractivity contribution >= 4 is 27.5 Å². The molecule has 7 nitrogen and oxygen atoms in total. The first-order valence-electron chi connectivity index (χ1n) is 8.82. The summed E-state index contributed by atoms with van der Waals surface area (Å²) in [7, 11) is -0.742. The van der Waals surface area contributed by atoms with Crippen LogP contribution >= 0.6 is 0 Å². The number of para-hydroxylation sites is 1. The Morgan fingerprint density at radius 1 is 0.964 bits per heavy atom. The molecule has 2 rings (SSSR count). The Balaban J connectivity index is 2.14. The summed E-state index contributed by atoms with van der Waals surface area (Å²) in [5.74, 6) is -0.617. The minimum absolute atomic E-state index is 0.0119. The van der Waals surface area contributed by atoms with Gasteiger partial charge < -0.3 is 10.2 Å². The Morgan fingerprint density at radius 3 is 2.07 bits per heavy atom. The number of hydrogen-bond donors (Lipinski definition) is 1. The van der Waals surface area contributed by atoms with E-state index in [1.807, 2.05) is 19.9 Å². The molecule has 2 amide bonds. The Morgan fingerprint density at radius 2 is 1.54 bits per heavy atom. The fourth-order valence-corrected chi connectivity index (χ4v) is 3.78. The van der Waals surface area contributed by atoms with Crippen molar-refractivity contribution in [1.29, 1.82) is 0 Å². The lowest BCUT2D eigenvalue weighted by molar-refractivity contribution is -0.122. The van der Waals surface area contributed by atoms with E-state index in [-0.39, 0.29) is 29.3 Å². The third kappa shape index (κ3) is 5.10. The standard InChI is InChI=1S/C20H25N3O4S/c1-15(2)21-19(24)14-22(3)20(25)16-10-12-18(13-11-16)28(26,27)23(4)17-8-6-5-7-9-17/h5-13,15H,14H2,1-4H3,(H,21,24). The topological polar surface area (TPSA) is 86.8 Å². The highest BCUT2D eigenvalue weighted by Gasteiger charge is 2.22. The molecule has 0 radical (unpaired) electrons. The molecule has 28 heavy (non-hydrogen) atoms. The molecule has 0 atom stereocenters. The summed E-state index contributed by atoms with van der Waals surface area (Å²) in [6.07, 6.45) is 0. The van der Waals surface area contributed by atoms with Gasteiger partial charge in [0.2, 0.25) is 5.91 Å². The molecule has 150 valence electrons. The van der Waals surface area contributed by atoms with Crippen LogP contribution in [0.4, 0.5) is 5.69 Å². The van der Waals surface area contributed by atoms with Crippen LogP contribution < -0.4 is 9.62 Å². The van der Waals surface area contributed by atoms with Crippen molar-refractivity contribution in [3.8, 4) is 0 Å². The van der Waals surface area contributed by atoms with E-state index in [1.54, 1.807) is 24.3 Å². The van der Waals surface area contributed by atoms with Crippen LogP contribution in [0.25, 0.3) is 0 Å². The number of hydrogen-bond acceptors (Lipinski definition) is 4. The third-order valence-corrected chi connectivity index (χ3v) is 5.86. The Labute approximate surface area is 166 Å². The van der Waals surface area contributed by atoms with Gasteiger partial charge in [-0.05, 0) is 50.2 Å². The number of rotatable bonds is 7. The molecule has 2 aromatic carbocycles. The zero-order chi connectivity index (χ0) is 20.9. The van der Waals surface area contributed by atoms with Crippen molar-refractivity contribution in [2.24, 2.45) is 0 Å². The van der Waals surface area contributed by atoms with E-state index in [1.165, 1.54) is 47.6 Å². The summed E-state index contributed by atoms with van der Waals surface area (Å²) in [4.78, 5) is 25.6. The summed E-state index contributed by atoms with van der Waals surface area (Å²) in [5.41, 5.74) is 0.847. The monoisotopic (exact) mass is 403 g/mol. The lowest BCUT2D eigenvalue weighted by atomic mass is 10.2. The van der Waals surface area contributed by atoms with Gasteiger partial charge in [-0.25, -0.2) is 8.42 Å². The molecule has 1 N–H and O–H groups in total. The number of anilines is 1. The highest BCUT2D eigenvalue weighted by atomic mass is 32.2. The van der Waals surface area contributed by atoms with Crippen LogP contribution in [0.5, 0.6) is 0 Å². The average Bonchev–Trinajstić information content (AvgIpc) is 2.66. The van der Waals surface area contributed by atoms with Gasteiger partial charge >= 0.3 is 0 Å². The number of carbonyl (C=O) groups excluding carboxylic acids is 2. The van der Waals surface area contributed by atoms with Gasteiger partial charge in [0.05, 0.1) is 17.1 Å². The van der Waals surface area contributed by atoms with Crippen molar-refractivity contribution in [2.45, 2.75) is 24.8 Å². The first kappa shape index (κ1) is 21.4. The molecule has 0 aliphatic heterocycles. The molecule has 0 aromatic heterocycles. The van der Waals surface area contributed by atoms with Gasteiger partial charge in [0, 0.05) is 25.7 Å². The molecule has 8 heteroatoms. The van der Waals surface area contributed by atoms with Crippen LogP contribution in [0, 0.1) is 0 Å². The molecule has 0 spiro atoms. The minimum Gasteiger partial charge on any atom is -0.352 e. The van der Waals surface area contributed by atoms with Crippen molar-refractivity contribution < 1.29 is 18.0 Å². The lowest BCUT2D eigenvalue weighted by Gasteiger charge is -2.20. The minimum atomic E-state index is -3.74. The molecule has 0 aliphatic carbocycles. The SMILES string of the molecule is CC(C)NC(=O)CN(C)C(=O)c1ccc(S(=O)(=O)N(C)c2ccccc2)cc1. The second-order valence-electron chi connectivity index (χ2n) is 6.72. The van der Waals surface area contributed by atoms with Crippen LogP contribution in [-0.4, -0.2) is 51.8 Å². The Bertz CT molecular complexity index is 926. The van der Waals surface area contributed by atoms with Crippen molar-refractivity contribution in [2.75, 3.05) is 24.9 Å². The maximum atomic E-state index is 12.8. The second-order valence-corrected chi connectivity index (χ2v) is 8.69. The summed E-state index contributed by atoms with van der Waals surface area (Å²) < 4.78 is 26.7. The molecule has 0 fully saturated rings. The summed E-state index contributed by atoms with van der Waals surface area (Å²) in [6, 6.07) is 14.4. The fraction of sp³-hybridized carbons (Fsp3) is 0.300. The number of benzene rings is 2. The van der Waals surface area contributed by atoms with Gasteiger partial charge in [-0.1, -0.05) is 18.2 Å². The Hall–Kier alpha value is -2.87. The van der Waals surface area contributed by atoms with E-state index >= 15 is 0 Å². The van der Waals surface area contributed by atoms with Gasteiger partial charge in [0.1, 0.15) is 0 Å². The van der Waals surface area contributed by atoms with Crippen molar-refractivity contribution in [1.82, 2.24) is 10.2 Å². The summed E-state index contributed by atoms with van der Waals surface area (Å²) in [5, 5.41) is 2.72. The van der Waals surface area contributed by atoms with Gasteiger partial charge in [0.25, 0.3) is 15.9 Å². The summed E-state index contributed by atoms with van der Waals surface area (Å²) in [6.45, 7) is 3.60. The second kappa shape index (κ2) is 8.88. The molecule has 0 unspecified atom stereocenters. The molecule has 0 heterocycles. The number of nitrogens with one attached hydrogen (secondary N) is 1. The van der Waals surface area contributed by atoms with Crippen molar-refractivity contribution in [3.63, 3.8) is 0 Å². The van der Waals surface area contributed by atoms with Crippen LogP contribution in [0.15, 0.2) is 59.5 Å². The van der Waals surface area contributed by atoms with E-state index in [9.17, 15) is 18.0 Å². The number of carbonyl (C=O) groups is 2. The van der Waals surface area contributed by atoms with Crippen LogP contribution in [0.2, 0.25) is 0 Å². The highest BCUT2D eigenvalue weighted by molar-refractivity contribution is 7.92. The van der Waals surface area contributed by atoms with Gasteiger partial charge in [-0.15, -0.1) is 0 Å². The van der Waals surface area contributed by atoms with E-state index in [0.29, 0.717) is 11.3 Å². The van der Waals surface area contributed by atoms with Crippen molar-refractivity contribution in [3.05, 3.63) is 60.2 Å². The largest absolute Gasteiger partial charge is 0.352 e. The number of likely N-dealkylation sites (N-methyl/N-ethyl adjacent to an activating group) is 1. The molecular formula is C20H25N3O4S. The van der Waals surface area contributed by atoms with Gasteiger partial charge in [-0.2, -0.15) is 0 Å². The van der Waals surface area contributed by atoms with Gasteiger partial charge in [0.15, 0.2) is 0 Å². The smallest absolute Gasteiger partial charge is 0.264 e. The lowest BCUT2D eigenvalue weighted by Crippen LogP contribution is -2.40. The number of nitrogens with zero attached hydrogens (tertiary/aromatic N) is 2. The fourth-order valence-electron chi connectivity index (χ4n) is 2.58. The molecule has 0 saturated heterocycles. The zero-order valence-electron chi connectivity index (χ0n) is 16.4. The zero-order valence-corrected chi connectivity index (χ0v) is 17.2. The maximum Gasteiger partial charge on any atom is 0.264 e. The van der Waals surface area contributed by atoms with E-state index < -0.39 is 10.0 Å². The molecule has 0 saturated carbocycles. The van der Waals surface area contributed by atoms with Crippen LogP contribution in [0.3, 0.4) is 0 Å². The average molecular weight is 404 g/mol. The third-order valence-electron chi connectivity index (χ3n) is 4.06. The predicted octanol–water partition coefficient (Wildman–Crippen LogP) is 2.11. The normalized spacial score (nSPS) is 11.2. The highest BCUT2D eigenvalue weighted by Crippen LogP contribution is 2.22. The summed E-state index contributed by atoms with van der Waals surface area (Å²) >= 11 is 0. The maximum absolute atomic E-state index is 12.8. The van der Waals surface area contributed by atoms with Crippen LogP contribution in [0.1, 0.15) is 24.2 Å². The van der Waals surface area contributed by atoms with E-state index in [4.69, 9.17) is 0 Å². The molecule has 2 aromatic rings. The first-order chi connectivity index (χ1) is 13.1. The molecule has 0 bridgehead atoms. The first-order valence-corrected chi connectivity index (χ1v) is 10.3. The van der Waals surface area contributed by atoms with E-state index in [2.05, 4.69) is 5.32 Å². The van der Waals surface area contributed by atoms with Crippen LogP contribution in [-0.2, 0) is 14.8 Å². The van der Waals surface area contributed by atoms with E-state index in [0.717, 1.165) is 0 Å². The predicted molar refractivity (Wildman–Crippen MR) is 109 cm³/mol. The number of sulfonamides is 1. The Kier molecular flexibility index (Phi) is 6.80. The molecular weight excluding hydrogens is 378 g/mol. The molecule has 0 aliphatic rings. The number of amides is 2. The van der Waals surface area contributed by atoms with Gasteiger partial charge in [-0.3, -0.25) is 13.9 Å². The quantitative estimate of drug-likeness (QED) is 0.767.